The minimum atomic E-state index is -0.696. The molecule has 0 spiro atoms. The average Bonchev–Trinajstić information content (AvgIpc) is 3.08. The SMILES string of the molecule is COC(=O)Nc1ccc(-c2nnn(C)c2NC(=O)O[C@H](C)c2ccccc2Cl)nc1. The molecular formula is C19H19ClN6O4. The molecule has 3 rings (SSSR count). The standard InChI is InChI=1S/C19H19ClN6O4/c1-11(13-6-4-5-7-14(13)20)30-19(28)23-17-16(24-25-26(17)2)15-9-8-12(10-21-15)22-18(27)29-3/h4-11H,1-3H3,(H,22,27)(H,23,28)/t11-/m1/s1. The summed E-state index contributed by atoms with van der Waals surface area (Å²) in [6, 6.07) is 10.4. The highest BCUT2D eigenvalue weighted by Crippen LogP contribution is 2.27. The zero-order valence-corrected chi connectivity index (χ0v) is 17.2. The van der Waals surface area contributed by atoms with Crippen molar-refractivity contribution in [1.82, 2.24) is 20.0 Å². The molecule has 0 bridgehead atoms. The highest BCUT2D eigenvalue weighted by Gasteiger charge is 2.20. The smallest absolute Gasteiger partial charge is 0.413 e. The van der Waals surface area contributed by atoms with Crippen LogP contribution in [0.4, 0.5) is 21.1 Å². The van der Waals surface area contributed by atoms with Crippen molar-refractivity contribution < 1.29 is 19.1 Å². The van der Waals surface area contributed by atoms with Crippen LogP contribution in [-0.2, 0) is 16.5 Å². The van der Waals surface area contributed by atoms with Gasteiger partial charge in [0.25, 0.3) is 0 Å². The Labute approximate surface area is 177 Å². The Morgan fingerprint density at radius 3 is 2.57 bits per heavy atom. The van der Waals surface area contributed by atoms with E-state index in [9.17, 15) is 9.59 Å². The molecule has 0 fully saturated rings. The van der Waals surface area contributed by atoms with Crippen LogP contribution in [0.3, 0.4) is 0 Å². The number of pyridine rings is 1. The van der Waals surface area contributed by atoms with Crippen molar-refractivity contribution in [3.63, 3.8) is 0 Å². The number of carbonyl (C=O) groups excluding carboxylic acids is 2. The van der Waals surface area contributed by atoms with E-state index in [1.165, 1.54) is 18.0 Å². The molecule has 0 aliphatic rings. The molecule has 0 saturated carbocycles. The van der Waals surface area contributed by atoms with Crippen LogP contribution in [-0.4, -0.2) is 39.3 Å². The van der Waals surface area contributed by atoms with Gasteiger partial charge in [-0.15, -0.1) is 5.10 Å². The van der Waals surface area contributed by atoms with Crippen LogP contribution in [0.1, 0.15) is 18.6 Å². The quantitative estimate of drug-likeness (QED) is 0.627. The number of halogens is 1. The number of nitrogens with one attached hydrogen (secondary N) is 2. The van der Waals surface area contributed by atoms with Gasteiger partial charge in [-0.1, -0.05) is 35.0 Å². The molecule has 0 aliphatic carbocycles. The van der Waals surface area contributed by atoms with Crippen molar-refractivity contribution in [3.8, 4) is 11.4 Å². The van der Waals surface area contributed by atoms with Crippen LogP contribution in [0, 0.1) is 0 Å². The zero-order valence-electron chi connectivity index (χ0n) is 16.4. The topological polar surface area (TPSA) is 120 Å². The van der Waals surface area contributed by atoms with Crippen LogP contribution in [0.2, 0.25) is 5.02 Å². The van der Waals surface area contributed by atoms with Gasteiger partial charge in [-0.05, 0) is 25.1 Å². The fraction of sp³-hybridized carbons (Fsp3) is 0.211. The molecule has 11 heteroatoms. The number of nitrogens with zero attached hydrogens (tertiary/aromatic N) is 4. The second-order valence-electron chi connectivity index (χ2n) is 6.15. The number of rotatable bonds is 5. The van der Waals surface area contributed by atoms with Gasteiger partial charge in [0.15, 0.2) is 11.5 Å². The largest absolute Gasteiger partial charge is 0.453 e. The van der Waals surface area contributed by atoms with Crippen molar-refractivity contribution in [2.24, 2.45) is 7.05 Å². The first kappa shape index (κ1) is 21.1. The summed E-state index contributed by atoms with van der Waals surface area (Å²) in [5.41, 5.74) is 1.91. The summed E-state index contributed by atoms with van der Waals surface area (Å²) in [4.78, 5) is 27.9. The molecule has 10 nitrogen and oxygen atoms in total. The molecule has 156 valence electrons. The third-order valence-corrected chi connectivity index (χ3v) is 4.46. The average molecular weight is 431 g/mol. The molecule has 0 aliphatic heterocycles. The molecule has 30 heavy (non-hydrogen) atoms. The summed E-state index contributed by atoms with van der Waals surface area (Å²) < 4.78 is 11.3. The second-order valence-corrected chi connectivity index (χ2v) is 6.56. The molecule has 0 unspecified atom stereocenters. The van der Waals surface area contributed by atoms with Crippen molar-refractivity contribution >= 4 is 35.3 Å². The summed E-state index contributed by atoms with van der Waals surface area (Å²) in [5, 5.41) is 13.6. The van der Waals surface area contributed by atoms with Crippen LogP contribution < -0.4 is 10.6 Å². The molecule has 3 aromatic rings. The van der Waals surface area contributed by atoms with Gasteiger partial charge in [-0.2, -0.15) is 0 Å². The minimum absolute atomic E-state index is 0.299. The molecule has 2 amide bonds. The van der Waals surface area contributed by atoms with Gasteiger partial charge in [-0.3, -0.25) is 15.6 Å². The maximum Gasteiger partial charge on any atom is 0.413 e. The number of hydrogen-bond donors (Lipinski definition) is 2. The summed E-state index contributed by atoms with van der Waals surface area (Å²) in [5.74, 6) is 0.299. The van der Waals surface area contributed by atoms with E-state index in [-0.39, 0.29) is 0 Å². The van der Waals surface area contributed by atoms with E-state index in [0.29, 0.717) is 33.5 Å². The third kappa shape index (κ3) is 4.84. The molecule has 1 atom stereocenters. The number of methoxy groups -OCH3 is 1. The normalized spacial score (nSPS) is 11.5. The van der Waals surface area contributed by atoms with Crippen molar-refractivity contribution in [2.45, 2.75) is 13.0 Å². The lowest BCUT2D eigenvalue weighted by atomic mass is 10.1. The van der Waals surface area contributed by atoms with Gasteiger partial charge in [-0.25, -0.2) is 14.3 Å². The van der Waals surface area contributed by atoms with Crippen LogP contribution in [0.15, 0.2) is 42.6 Å². The zero-order chi connectivity index (χ0) is 21.7. The van der Waals surface area contributed by atoms with E-state index in [0.717, 1.165) is 0 Å². The highest BCUT2D eigenvalue weighted by atomic mass is 35.5. The Kier molecular flexibility index (Phi) is 6.48. The van der Waals surface area contributed by atoms with Crippen LogP contribution in [0.25, 0.3) is 11.4 Å². The van der Waals surface area contributed by atoms with E-state index in [1.807, 2.05) is 6.07 Å². The van der Waals surface area contributed by atoms with Gasteiger partial charge < -0.3 is 9.47 Å². The number of hydrogen-bond acceptors (Lipinski definition) is 7. The van der Waals surface area contributed by atoms with Gasteiger partial charge >= 0.3 is 12.2 Å². The summed E-state index contributed by atoms with van der Waals surface area (Å²) in [6.07, 6.45) is -0.437. The Bertz CT molecular complexity index is 1050. The van der Waals surface area contributed by atoms with E-state index in [2.05, 4.69) is 30.7 Å². The van der Waals surface area contributed by atoms with E-state index < -0.39 is 18.3 Å². The lowest BCUT2D eigenvalue weighted by Crippen LogP contribution is -2.18. The molecule has 1 aromatic carbocycles. The maximum atomic E-state index is 12.4. The Balaban J connectivity index is 1.73. The van der Waals surface area contributed by atoms with Gasteiger partial charge in [0.1, 0.15) is 6.10 Å². The second kappa shape index (κ2) is 9.23. The van der Waals surface area contributed by atoms with Crippen LogP contribution in [0.5, 0.6) is 0 Å². The number of amides is 2. The highest BCUT2D eigenvalue weighted by molar-refractivity contribution is 6.31. The molecule has 0 radical (unpaired) electrons. The monoisotopic (exact) mass is 430 g/mol. The molecule has 0 saturated heterocycles. The van der Waals surface area contributed by atoms with Crippen LogP contribution >= 0.6 is 11.6 Å². The Morgan fingerprint density at radius 1 is 1.13 bits per heavy atom. The molecule has 2 heterocycles. The van der Waals surface area contributed by atoms with Gasteiger partial charge in [0.2, 0.25) is 0 Å². The lowest BCUT2D eigenvalue weighted by Gasteiger charge is -2.15. The minimum Gasteiger partial charge on any atom is -0.453 e. The van der Waals surface area contributed by atoms with E-state index in [4.69, 9.17) is 16.3 Å². The number of aromatic nitrogens is 4. The fourth-order valence-electron chi connectivity index (χ4n) is 2.60. The van der Waals surface area contributed by atoms with E-state index in [1.54, 1.807) is 44.3 Å². The third-order valence-electron chi connectivity index (χ3n) is 4.11. The number of anilines is 2. The van der Waals surface area contributed by atoms with Crippen molar-refractivity contribution in [3.05, 3.63) is 53.2 Å². The predicted octanol–water partition coefficient (Wildman–Crippen LogP) is 4.02. The summed E-state index contributed by atoms with van der Waals surface area (Å²) in [6.45, 7) is 1.72. The van der Waals surface area contributed by atoms with E-state index >= 15 is 0 Å². The molecule has 2 N–H and O–H groups in total. The van der Waals surface area contributed by atoms with Gasteiger partial charge in [0.05, 0.1) is 24.7 Å². The first-order valence-electron chi connectivity index (χ1n) is 8.82. The maximum absolute atomic E-state index is 12.4. The fourth-order valence-corrected chi connectivity index (χ4v) is 2.89. The predicted molar refractivity (Wildman–Crippen MR) is 110 cm³/mol. The number of aryl methyl sites for hydroxylation is 1. The lowest BCUT2D eigenvalue weighted by molar-refractivity contribution is 0.121. The Morgan fingerprint density at radius 2 is 1.90 bits per heavy atom. The first-order valence-corrected chi connectivity index (χ1v) is 9.20. The summed E-state index contributed by atoms with van der Waals surface area (Å²) in [7, 11) is 2.89. The first-order chi connectivity index (χ1) is 14.4. The number of carbonyl (C=O) groups is 2. The number of ether oxygens (including phenoxy) is 2. The van der Waals surface area contributed by atoms with Crippen molar-refractivity contribution in [2.75, 3.05) is 17.7 Å². The van der Waals surface area contributed by atoms with Crippen molar-refractivity contribution in [1.29, 1.82) is 0 Å². The van der Waals surface area contributed by atoms with Gasteiger partial charge in [0, 0.05) is 17.6 Å². The Hall–Kier alpha value is -3.66. The number of benzene rings is 1. The summed E-state index contributed by atoms with van der Waals surface area (Å²) >= 11 is 6.15. The molecular weight excluding hydrogens is 412 g/mol. The molecule has 2 aromatic heterocycles.